The van der Waals surface area contributed by atoms with Crippen LogP contribution in [0.4, 0.5) is 0 Å². The molecule has 0 radical (unpaired) electrons. The minimum Gasteiger partial charge on any atom is -0.493 e. The molecule has 0 aromatic heterocycles. The molecule has 1 N–H and O–H groups in total. The van der Waals surface area contributed by atoms with Crippen molar-refractivity contribution in [3.63, 3.8) is 0 Å². The molecule has 0 aliphatic carbocycles. The third-order valence-electron chi connectivity index (χ3n) is 5.29. The summed E-state index contributed by atoms with van der Waals surface area (Å²) < 4.78 is 16.8. The van der Waals surface area contributed by atoms with Gasteiger partial charge in [0.05, 0.1) is 7.11 Å². The van der Waals surface area contributed by atoms with Gasteiger partial charge >= 0.3 is 0 Å². The molecule has 1 aliphatic rings. The molecule has 6 heteroatoms. The molecular weight excluding hydrogens is 344 g/mol. The normalized spacial score (nSPS) is 16.9. The van der Waals surface area contributed by atoms with Crippen LogP contribution < -0.4 is 9.47 Å². The molecule has 0 spiro atoms. The van der Waals surface area contributed by atoms with E-state index in [0.717, 1.165) is 32.6 Å². The Morgan fingerprint density at radius 2 is 1.89 bits per heavy atom. The zero-order chi connectivity index (χ0) is 19.8. The molecule has 6 nitrogen and oxygen atoms in total. The van der Waals surface area contributed by atoms with Crippen molar-refractivity contribution in [1.29, 1.82) is 0 Å². The quantitative estimate of drug-likeness (QED) is 0.673. The van der Waals surface area contributed by atoms with Crippen molar-refractivity contribution >= 4 is 0 Å². The van der Waals surface area contributed by atoms with Crippen molar-refractivity contribution in [1.82, 2.24) is 9.80 Å². The number of nitrogens with zero attached hydrogens (tertiary/aromatic N) is 2. The molecule has 0 amide bonds. The van der Waals surface area contributed by atoms with Crippen molar-refractivity contribution in [2.45, 2.75) is 51.4 Å². The van der Waals surface area contributed by atoms with Crippen LogP contribution >= 0.6 is 0 Å². The minimum absolute atomic E-state index is 0.243. The maximum Gasteiger partial charge on any atom is 0.161 e. The molecule has 1 atom stereocenters. The number of likely N-dealkylation sites (N-methyl/N-ethyl adjacent to an activating group) is 1. The van der Waals surface area contributed by atoms with Crippen molar-refractivity contribution < 1.29 is 19.3 Å². The highest BCUT2D eigenvalue weighted by molar-refractivity contribution is 5.43. The number of hydrogen-bond acceptors (Lipinski definition) is 6. The standard InChI is InChI=1S/C21H36N2O4/c1-16(2)22(3)14-19(24)15-27-21-12-17(6-7-20(21)25-5)13-23(4)18-8-10-26-11-9-18/h6-7,12,16,18-19,24H,8-11,13-15H2,1-5H3/t19-/m0/s1. The van der Waals surface area contributed by atoms with E-state index in [1.54, 1.807) is 7.11 Å². The summed E-state index contributed by atoms with van der Waals surface area (Å²) in [5.74, 6) is 1.37. The van der Waals surface area contributed by atoms with Crippen LogP contribution in [0.2, 0.25) is 0 Å². The molecule has 0 saturated carbocycles. The Kier molecular flexibility index (Phi) is 8.83. The fourth-order valence-electron chi connectivity index (χ4n) is 3.26. The number of benzene rings is 1. The molecule has 1 aromatic rings. The highest BCUT2D eigenvalue weighted by atomic mass is 16.5. The lowest BCUT2D eigenvalue weighted by molar-refractivity contribution is 0.0406. The topological polar surface area (TPSA) is 54.4 Å². The minimum atomic E-state index is -0.546. The van der Waals surface area contributed by atoms with Crippen LogP contribution in [0.5, 0.6) is 11.5 Å². The van der Waals surface area contributed by atoms with Gasteiger partial charge < -0.3 is 24.2 Å². The Hall–Kier alpha value is -1.34. The third-order valence-corrected chi connectivity index (χ3v) is 5.29. The van der Waals surface area contributed by atoms with Gasteiger partial charge in [0.25, 0.3) is 0 Å². The summed E-state index contributed by atoms with van der Waals surface area (Å²) in [6.45, 7) is 7.57. The van der Waals surface area contributed by atoms with E-state index in [9.17, 15) is 5.11 Å². The van der Waals surface area contributed by atoms with Gasteiger partial charge in [0.1, 0.15) is 12.7 Å². The first-order chi connectivity index (χ1) is 12.9. The van der Waals surface area contributed by atoms with E-state index in [1.807, 2.05) is 19.2 Å². The molecule has 1 heterocycles. The summed E-state index contributed by atoms with van der Waals surface area (Å²) in [5.41, 5.74) is 1.17. The molecule has 154 valence electrons. The molecule has 0 bridgehead atoms. The first-order valence-electron chi connectivity index (χ1n) is 9.86. The Morgan fingerprint density at radius 3 is 2.52 bits per heavy atom. The van der Waals surface area contributed by atoms with Gasteiger partial charge in [0.15, 0.2) is 11.5 Å². The first kappa shape index (κ1) is 22.0. The fourth-order valence-corrected chi connectivity index (χ4v) is 3.26. The lowest BCUT2D eigenvalue weighted by atomic mass is 10.1. The molecule has 1 aliphatic heterocycles. The van der Waals surface area contributed by atoms with Gasteiger partial charge in [-0.25, -0.2) is 0 Å². The maximum absolute atomic E-state index is 10.3. The van der Waals surface area contributed by atoms with Gasteiger partial charge in [-0.05, 0) is 58.5 Å². The van der Waals surface area contributed by atoms with Gasteiger partial charge in [0, 0.05) is 38.4 Å². The van der Waals surface area contributed by atoms with Crippen LogP contribution in [0.25, 0.3) is 0 Å². The van der Waals surface area contributed by atoms with E-state index in [4.69, 9.17) is 14.2 Å². The lowest BCUT2D eigenvalue weighted by Gasteiger charge is -2.31. The van der Waals surface area contributed by atoms with Crippen LogP contribution in [-0.4, -0.2) is 80.7 Å². The van der Waals surface area contributed by atoms with E-state index in [-0.39, 0.29) is 6.61 Å². The number of aliphatic hydroxyl groups is 1. The summed E-state index contributed by atoms with van der Waals surface area (Å²) in [4.78, 5) is 4.48. The zero-order valence-electron chi connectivity index (χ0n) is 17.5. The summed E-state index contributed by atoms with van der Waals surface area (Å²) >= 11 is 0. The summed E-state index contributed by atoms with van der Waals surface area (Å²) in [6, 6.07) is 6.98. The Bertz CT molecular complexity index is 561. The molecular formula is C21H36N2O4. The summed E-state index contributed by atoms with van der Waals surface area (Å²) in [6.07, 6.45) is 1.60. The van der Waals surface area contributed by atoms with E-state index in [1.165, 1.54) is 5.56 Å². The van der Waals surface area contributed by atoms with E-state index in [2.05, 4.69) is 36.8 Å². The average Bonchev–Trinajstić information content (AvgIpc) is 2.67. The number of methoxy groups -OCH3 is 1. The van der Waals surface area contributed by atoms with Crippen LogP contribution in [0, 0.1) is 0 Å². The van der Waals surface area contributed by atoms with Gasteiger partial charge in [-0.2, -0.15) is 0 Å². The number of rotatable bonds is 10. The van der Waals surface area contributed by atoms with Crippen LogP contribution in [0.1, 0.15) is 32.3 Å². The second-order valence-electron chi connectivity index (χ2n) is 7.74. The number of hydrogen-bond donors (Lipinski definition) is 1. The molecule has 27 heavy (non-hydrogen) atoms. The van der Waals surface area contributed by atoms with Crippen molar-refractivity contribution in [2.24, 2.45) is 0 Å². The molecule has 1 saturated heterocycles. The Labute approximate surface area is 164 Å². The highest BCUT2D eigenvalue weighted by Crippen LogP contribution is 2.29. The fraction of sp³-hybridized carbons (Fsp3) is 0.714. The van der Waals surface area contributed by atoms with Crippen LogP contribution in [-0.2, 0) is 11.3 Å². The van der Waals surface area contributed by atoms with Crippen molar-refractivity contribution in [2.75, 3.05) is 47.6 Å². The largest absolute Gasteiger partial charge is 0.493 e. The molecule has 0 unspecified atom stereocenters. The second kappa shape index (κ2) is 10.9. The smallest absolute Gasteiger partial charge is 0.161 e. The summed E-state index contributed by atoms with van der Waals surface area (Å²) in [7, 11) is 5.80. The van der Waals surface area contributed by atoms with Crippen molar-refractivity contribution in [3.8, 4) is 11.5 Å². The monoisotopic (exact) mass is 380 g/mol. The van der Waals surface area contributed by atoms with Crippen molar-refractivity contribution in [3.05, 3.63) is 23.8 Å². The highest BCUT2D eigenvalue weighted by Gasteiger charge is 2.19. The molecule has 1 fully saturated rings. The third kappa shape index (κ3) is 6.96. The first-order valence-corrected chi connectivity index (χ1v) is 9.86. The van der Waals surface area contributed by atoms with Crippen LogP contribution in [0.3, 0.4) is 0 Å². The predicted molar refractivity (Wildman–Crippen MR) is 108 cm³/mol. The molecule has 1 aromatic carbocycles. The second-order valence-corrected chi connectivity index (χ2v) is 7.74. The van der Waals surface area contributed by atoms with E-state index >= 15 is 0 Å². The SMILES string of the molecule is COc1ccc(CN(C)C2CCOCC2)cc1OC[C@@H](O)CN(C)C(C)C. The Balaban J connectivity index is 1.95. The Morgan fingerprint density at radius 1 is 1.19 bits per heavy atom. The van der Waals surface area contributed by atoms with Gasteiger partial charge in [-0.1, -0.05) is 6.07 Å². The van der Waals surface area contributed by atoms with Gasteiger partial charge in [-0.15, -0.1) is 0 Å². The number of aliphatic hydroxyl groups excluding tert-OH is 1. The zero-order valence-corrected chi connectivity index (χ0v) is 17.5. The maximum atomic E-state index is 10.3. The lowest BCUT2D eigenvalue weighted by Crippen LogP contribution is -2.37. The van der Waals surface area contributed by atoms with E-state index in [0.29, 0.717) is 30.1 Å². The molecule has 2 rings (SSSR count). The predicted octanol–water partition coefficient (Wildman–Crippen LogP) is 2.39. The van der Waals surface area contributed by atoms with E-state index < -0.39 is 6.10 Å². The number of ether oxygens (including phenoxy) is 3. The van der Waals surface area contributed by atoms with Gasteiger partial charge in [0.2, 0.25) is 0 Å². The van der Waals surface area contributed by atoms with Crippen LogP contribution in [0.15, 0.2) is 18.2 Å². The summed E-state index contributed by atoms with van der Waals surface area (Å²) in [5, 5.41) is 10.3. The average molecular weight is 381 g/mol. The van der Waals surface area contributed by atoms with Gasteiger partial charge in [-0.3, -0.25) is 4.90 Å².